The third-order valence-corrected chi connectivity index (χ3v) is 17.3. The van der Waals surface area contributed by atoms with Crippen LogP contribution in [0.1, 0.15) is 93.9 Å². The number of esters is 1. The van der Waals surface area contributed by atoms with Gasteiger partial charge < -0.3 is 13.6 Å². The van der Waals surface area contributed by atoms with Crippen LogP contribution in [0.2, 0.25) is 36.3 Å². The van der Waals surface area contributed by atoms with E-state index in [1.807, 2.05) is 0 Å². The van der Waals surface area contributed by atoms with Crippen molar-refractivity contribution in [3.05, 3.63) is 11.8 Å². The molecule has 1 aliphatic carbocycles. The Morgan fingerprint density at radius 1 is 0.882 bits per heavy atom. The minimum absolute atomic E-state index is 0.0337. The molecule has 1 unspecified atom stereocenters. The molecular weight excluding hydrogens is 460 g/mol. The van der Waals surface area contributed by atoms with Crippen molar-refractivity contribution in [1.82, 2.24) is 0 Å². The highest BCUT2D eigenvalue weighted by atomic mass is 28.4. The van der Waals surface area contributed by atoms with Crippen LogP contribution in [0.25, 0.3) is 0 Å². The maximum atomic E-state index is 13.2. The first kappa shape index (κ1) is 31.1. The zero-order valence-electron chi connectivity index (χ0n) is 23.3. The SMILES string of the molecule is CCCCCC/C=C(/O[Si](CC)(CC)CC)[C@H]1C(OC(C)=O)C(=O)C[C@@H]1O[Si](CC)(CC)CC. The summed E-state index contributed by atoms with van der Waals surface area (Å²) in [5.41, 5.74) is 0. The molecule has 1 saturated carbocycles. The summed E-state index contributed by atoms with van der Waals surface area (Å²) in [5, 5.41) is 0. The number of hydrogen-bond donors (Lipinski definition) is 0. The molecule has 0 radical (unpaired) electrons. The molecule has 198 valence electrons. The maximum Gasteiger partial charge on any atom is 0.303 e. The highest BCUT2D eigenvalue weighted by Crippen LogP contribution is 2.41. The zero-order valence-corrected chi connectivity index (χ0v) is 25.3. The van der Waals surface area contributed by atoms with Crippen molar-refractivity contribution >= 4 is 28.4 Å². The van der Waals surface area contributed by atoms with Crippen LogP contribution in [0.5, 0.6) is 0 Å². The van der Waals surface area contributed by atoms with E-state index in [1.165, 1.54) is 26.2 Å². The van der Waals surface area contributed by atoms with Gasteiger partial charge in [-0.2, -0.15) is 0 Å². The first-order valence-electron chi connectivity index (χ1n) is 14.0. The van der Waals surface area contributed by atoms with Crippen LogP contribution in [-0.4, -0.2) is 40.6 Å². The Kier molecular flexibility index (Phi) is 13.9. The molecule has 7 heteroatoms. The van der Waals surface area contributed by atoms with E-state index in [2.05, 4.69) is 54.5 Å². The van der Waals surface area contributed by atoms with Gasteiger partial charge in [-0.1, -0.05) is 67.7 Å². The van der Waals surface area contributed by atoms with Crippen molar-refractivity contribution < 1.29 is 23.2 Å². The van der Waals surface area contributed by atoms with E-state index in [9.17, 15) is 9.59 Å². The lowest BCUT2D eigenvalue weighted by molar-refractivity contribution is -0.153. The monoisotopic (exact) mass is 512 g/mol. The number of hydrogen-bond acceptors (Lipinski definition) is 5. The molecule has 0 heterocycles. The van der Waals surface area contributed by atoms with Crippen LogP contribution in [0.4, 0.5) is 0 Å². The Morgan fingerprint density at radius 2 is 1.44 bits per heavy atom. The number of unbranched alkanes of at least 4 members (excludes halogenated alkanes) is 4. The maximum absolute atomic E-state index is 13.2. The number of carbonyl (C=O) groups excluding carboxylic acids is 2. The number of carbonyl (C=O) groups is 2. The highest BCUT2D eigenvalue weighted by Gasteiger charge is 2.51. The average Bonchev–Trinajstić information content (AvgIpc) is 3.13. The molecule has 0 aromatic carbocycles. The lowest BCUT2D eigenvalue weighted by atomic mass is 9.99. The molecule has 0 spiro atoms. The van der Waals surface area contributed by atoms with Crippen LogP contribution in [0.15, 0.2) is 11.8 Å². The largest absolute Gasteiger partial charge is 0.546 e. The van der Waals surface area contributed by atoms with Gasteiger partial charge in [0, 0.05) is 13.3 Å². The fourth-order valence-electron chi connectivity index (χ4n) is 5.20. The molecule has 1 fully saturated rings. The highest BCUT2D eigenvalue weighted by molar-refractivity contribution is 6.74. The van der Waals surface area contributed by atoms with Crippen LogP contribution >= 0.6 is 0 Å². The normalized spacial score (nSPS) is 21.7. The van der Waals surface area contributed by atoms with Gasteiger partial charge in [0.05, 0.1) is 17.8 Å². The van der Waals surface area contributed by atoms with Crippen LogP contribution in [0, 0.1) is 5.92 Å². The zero-order chi connectivity index (χ0) is 25.8. The van der Waals surface area contributed by atoms with Gasteiger partial charge in [0.2, 0.25) is 8.32 Å². The number of rotatable bonds is 17. The topological polar surface area (TPSA) is 61.8 Å². The third-order valence-electron chi connectivity index (χ3n) is 8.07. The van der Waals surface area contributed by atoms with Gasteiger partial charge in [-0.3, -0.25) is 9.59 Å². The van der Waals surface area contributed by atoms with Crippen LogP contribution in [-0.2, 0) is 23.2 Å². The fraction of sp³-hybridized carbons (Fsp3) is 0.852. The fourth-order valence-corrected chi connectivity index (χ4v) is 10.7. The predicted octanol–water partition coefficient (Wildman–Crippen LogP) is 7.77. The predicted molar refractivity (Wildman–Crippen MR) is 146 cm³/mol. The second-order valence-corrected chi connectivity index (χ2v) is 19.3. The molecule has 0 N–H and O–H groups in total. The molecule has 0 aromatic heterocycles. The summed E-state index contributed by atoms with van der Waals surface area (Å²) in [5.74, 6) is 0.0764. The molecule has 34 heavy (non-hydrogen) atoms. The Bertz CT molecular complexity index is 639. The van der Waals surface area contributed by atoms with Crippen molar-refractivity contribution in [2.24, 2.45) is 5.92 Å². The summed E-state index contributed by atoms with van der Waals surface area (Å²) in [6.07, 6.45) is 7.05. The molecule has 0 bridgehead atoms. The van der Waals surface area contributed by atoms with Crippen LogP contribution in [0.3, 0.4) is 0 Å². The van der Waals surface area contributed by atoms with Crippen LogP contribution < -0.4 is 0 Å². The first-order chi connectivity index (χ1) is 16.2. The smallest absolute Gasteiger partial charge is 0.303 e. The van der Waals surface area contributed by atoms with Crippen molar-refractivity contribution in [2.45, 2.75) is 142 Å². The Hall–Kier alpha value is -0.926. The lowest BCUT2D eigenvalue weighted by Gasteiger charge is -2.38. The second kappa shape index (κ2) is 15.2. The van der Waals surface area contributed by atoms with Crippen molar-refractivity contribution in [3.8, 4) is 0 Å². The second-order valence-electron chi connectivity index (χ2n) is 9.93. The Morgan fingerprint density at radius 3 is 1.91 bits per heavy atom. The number of ether oxygens (including phenoxy) is 1. The van der Waals surface area contributed by atoms with E-state index in [0.717, 1.165) is 54.9 Å². The number of ketones is 1. The van der Waals surface area contributed by atoms with E-state index in [1.54, 1.807) is 0 Å². The molecule has 0 saturated heterocycles. The minimum atomic E-state index is -1.99. The minimum Gasteiger partial charge on any atom is -0.546 e. The summed E-state index contributed by atoms with van der Waals surface area (Å²) in [7, 11) is -3.96. The number of Topliss-reactive ketones (excluding diaryl/α,β-unsaturated/α-hetero) is 1. The van der Waals surface area contributed by atoms with Crippen molar-refractivity contribution in [3.63, 3.8) is 0 Å². The van der Waals surface area contributed by atoms with Gasteiger partial charge in [-0.15, -0.1) is 0 Å². The molecule has 1 aliphatic rings. The van der Waals surface area contributed by atoms with Gasteiger partial charge in [-0.25, -0.2) is 0 Å². The molecule has 0 aromatic rings. The Labute approximate surface area is 211 Å². The van der Waals surface area contributed by atoms with Gasteiger partial charge in [0.1, 0.15) is 0 Å². The van der Waals surface area contributed by atoms with Gasteiger partial charge >= 0.3 is 5.97 Å². The van der Waals surface area contributed by atoms with E-state index < -0.39 is 28.7 Å². The molecular formula is C27H52O5Si2. The molecule has 0 aliphatic heterocycles. The summed E-state index contributed by atoms with van der Waals surface area (Å²) < 4.78 is 19.5. The van der Waals surface area contributed by atoms with Crippen molar-refractivity contribution in [1.29, 1.82) is 0 Å². The average molecular weight is 513 g/mol. The van der Waals surface area contributed by atoms with Gasteiger partial charge in [-0.05, 0) is 55.2 Å². The summed E-state index contributed by atoms with van der Waals surface area (Å²) in [4.78, 5) is 25.2. The molecule has 3 atom stereocenters. The van der Waals surface area contributed by atoms with E-state index in [0.29, 0.717) is 6.42 Å². The summed E-state index contributed by atoms with van der Waals surface area (Å²) >= 11 is 0. The van der Waals surface area contributed by atoms with E-state index >= 15 is 0 Å². The lowest BCUT2D eigenvalue weighted by Crippen LogP contribution is -2.45. The number of allylic oxidation sites excluding steroid dienone is 1. The van der Waals surface area contributed by atoms with Gasteiger partial charge in [0.25, 0.3) is 0 Å². The Balaban J connectivity index is 3.46. The molecule has 5 nitrogen and oxygen atoms in total. The standard InChI is InChI=1S/C27H52O5Si2/c1-9-16-17-18-19-20-24(31-33(10-2,11-3)12-4)26-25(32-34(13-5,14-6)15-7)21-23(29)27(26)30-22(8)28/h20,25-27H,9-19,21H2,1-8H3/b24-20+/t25-,26+,27?/m0/s1. The van der Waals surface area contributed by atoms with E-state index in [4.69, 9.17) is 13.6 Å². The molecule has 1 rings (SSSR count). The summed E-state index contributed by atoms with van der Waals surface area (Å²) in [6, 6.07) is 6.12. The first-order valence-corrected chi connectivity index (χ1v) is 19.0. The van der Waals surface area contributed by atoms with Gasteiger partial charge in [0.15, 0.2) is 20.2 Å². The quantitative estimate of drug-likeness (QED) is 0.0862. The van der Waals surface area contributed by atoms with Crippen molar-refractivity contribution in [2.75, 3.05) is 0 Å². The summed E-state index contributed by atoms with van der Waals surface area (Å²) in [6.45, 7) is 16.9. The third kappa shape index (κ3) is 8.33. The van der Waals surface area contributed by atoms with E-state index in [-0.39, 0.29) is 17.8 Å². The molecule has 0 amide bonds.